The van der Waals surface area contributed by atoms with E-state index in [1.807, 2.05) is 30.4 Å². The number of rotatable bonds is 5. The van der Waals surface area contributed by atoms with E-state index in [2.05, 4.69) is 20.5 Å². The quantitative estimate of drug-likeness (QED) is 0.722. The van der Waals surface area contributed by atoms with Gasteiger partial charge in [-0.3, -0.25) is 9.20 Å². The van der Waals surface area contributed by atoms with E-state index < -0.39 is 0 Å². The van der Waals surface area contributed by atoms with Crippen molar-refractivity contribution in [2.24, 2.45) is 0 Å². The number of carbonyl (C=O) groups excluding carboxylic acids is 1. The minimum atomic E-state index is -0.0872. The number of amides is 1. The van der Waals surface area contributed by atoms with E-state index in [1.54, 1.807) is 12.3 Å². The first-order chi connectivity index (χ1) is 10.6. The van der Waals surface area contributed by atoms with E-state index in [0.29, 0.717) is 11.7 Å². The number of thioether (sulfide) groups is 1. The average Bonchev–Trinajstić information content (AvgIpc) is 3.12. The molecular weight excluding hydrogens is 302 g/mol. The van der Waals surface area contributed by atoms with Gasteiger partial charge in [0, 0.05) is 11.8 Å². The van der Waals surface area contributed by atoms with E-state index in [9.17, 15) is 4.79 Å². The van der Waals surface area contributed by atoms with Gasteiger partial charge in [-0.25, -0.2) is 4.98 Å². The predicted molar refractivity (Wildman–Crippen MR) is 81.5 cm³/mol. The van der Waals surface area contributed by atoms with Gasteiger partial charge in [0.1, 0.15) is 11.6 Å². The van der Waals surface area contributed by atoms with Crippen LogP contribution in [0.1, 0.15) is 17.3 Å². The molecule has 0 atom stereocenters. The molecule has 3 heterocycles. The number of carbonyl (C=O) groups is 1. The SMILES string of the molecule is Cc1cc2nnc(SCC(=O)NCc3ccco3)n2c(C)n1. The van der Waals surface area contributed by atoms with Crippen molar-refractivity contribution in [3.05, 3.63) is 41.7 Å². The molecule has 1 N–H and O–H groups in total. The third-order valence-corrected chi connectivity index (χ3v) is 3.96. The van der Waals surface area contributed by atoms with Gasteiger partial charge in [0.15, 0.2) is 10.8 Å². The fourth-order valence-corrected chi connectivity index (χ4v) is 2.89. The predicted octanol–water partition coefficient (Wildman–Crippen LogP) is 1.74. The van der Waals surface area contributed by atoms with Crippen LogP contribution in [0.5, 0.6) is 0 Å². The summed E-state index contributed by atoms with van der Waals surface area (Å²) in [5.41, 5.74) is 1.63. The summed E-state index contributed by atoms with van der Waals surface area (Å²) in [6.07, 6.45) is 1.58. The molecule has 0 bridgehead atoms. The van der Waals surface area contributed by atoms with Crippen LogP contribution < -0.4 is 5.32 Å². The summed E-state index contributed by atoms with van der Waals surface area (Å²) < 4.78 is 7.01. The number of nitrogens with one attached hydrogen (secondary N) is 1. The van der Waals surface area contributed by atoms with Crippen LogP contribution in [0, 0.1) is 13.8 Å². The Bertz CT molecular complexity index is 797. The topological polar surface area (TPSA) is 85.3 Å². The van der Waals surface area contributed by atoms with Crippen molar-refractivity contribution in [3.63, 3.8) is 0 Å². The molecule has 0 aliphatic rings. The zero-order valence-corrected chi connectivity index (χ0v) is 13.1. The molecule has 3 rings (SSSR count). The fraction of sp³-hybridized carbons (Fsp3) is 0.286. The van der Waals surface area contributed by atoms with Crippen LogP contribution >= 0.6 is 11.8 Å². The maximum atomic E-state index is 11.9. The third kappa shape index (κ3) is 3.11. The summed E-state index contributed by atoms with van der Waals surface area (Å²) in [5, 5.41) is 11.7. The number of aryl methyl sites for hydroxylation is 2. The molecule has 0 radical (unpaired) electrons. The van der Waals surface area contributed by atoms with Crippen LogP contribution in [-0.4, -0.2) is 31.2 Å². The lowest BCUT2D eigenvalue weighted by Crippen LogP contribution is -2.24. The first-order valence-electron chi connectivity index (χ1n) is 6.75. The summed E-state index contributed by atoms with van der Waals surface area (Å²) in [4.78, 5) is 16.3. The Morgan fingerprint density at radius 1 is 1.41 bits per heavy atom. The van der Waals surface area contributed by atoms with E-state index in [-0.39, 0.29) is 11.7 Å². The Morgan fingerprint density at radius 3 is 3.05 bits per heavy atom. The van der Waals surface area contributed by atoms with Gasteiger partial charge in [-0.1, -0.05) is 11.8 Å². The van der Waals surface area contributed by atoms with Crippen LogP contribution in [0.25, 0.3) is 5.65 Å². The van der Waals surface area contributed by atoms with Crippen molar-refractivity contribution in [2.45, 2.75) is 25.5 Å². The van der Waals surface area contributed by atoms with Gasteiger partial charge in [0.2, 0.25) is 5.91 Å². The first-order valence-corrected chi connectivity index (χ1v) is 7.73. The number of fused-ring (bicyclic) bond motifs is 1. The molecule has 0 aliphatic carbocycles. The van der Waals surface area contributed by atoms with Gasteiger partial charge in [0.25, 0.3) is 0 Å². The zero-order valence-electron chi connectivity index (χ0n) is 12.2. The summed E-state index contributed by atoms with van der Waals surface area (Å²) in [5.74, 6) is 1.70. The van der Waals surface area contributed by atoms with E-state index in [1.165, 1.54) is 11.8 Å². The van der Waals surface area contributed by atoms with Crippen molar-refractivity contribution in [1.82, 2.24) is 24.9 Å². The summed E-state index contributed by atoms with van der Waals surface area (Å²) in [6, 6.07) is 5.47. The van der Waals surface area contributed by atoms with Gasteiger partial charge in [-0.05, 0) is 26.0 Å². The normalized spacial score (nSPS) is 11.0. The van der Waals surface area contributed by atoms with E-state index in [0.717, 1.165) is 22.9 Å². The number of nitrogens with zero attached hydrogens (tertiary/aromatic N) is 4. The largest absolute Gasteiger partial charge is 0.467 e. The Labute approximate surface area is 131 Å². The molecule has 0 unspecified atom stereocenters. The third-order valence-electron chi connectivity index (χ3n) is 3.03. The highest BCUT2D eigenvalue weighted by Gasteiger charge is 2.12. The molecule has 3 aromatic rings. The molecule has 0 aromatic carbocycles. The van der Waals surface area contributed by atoms with Crippen molar-refractivity contribution in [3.8, 4) is 0 Å². The standard InChI is InChI=1S/C14H15N5O2S/c1-9-6-12-17-18-14(19(12)10(2)16-9)22-8-13(20)15-7-11-4-3-5-21-11/h3-6H,7-8H2,1-2H3,(H,15,20). The maximum Gasteiger partial charge on any atom is 0.230 e. The fourth-order valence-electron chi connectivity index (χ4n) is 2.08. The molecule has 1 amide bonds. The van der Waals surface area contributed by atoms with Gasteiger partial charge in [-0.15, -0.1) is 10.2 Å². The Balaban J connectivity index is 1.63. The van der Waals surface area contributed by atoms with Gasteiger partial charge < -0.3 is 9.73 Å². The van der Waals surface area contributed by atoms with Crippen LogP contribution in [0.2, 0.25) is 0 Å². The molecule has 3 aromatic heterocycles. The molecule has 0 saturated carbocycles. The molecule has 0 aliphatic heterocycles. The van der Waals surface area contributed by atoms with Crippen molar-refractivity contribution in [1.29, 1.82) is 0 Å². The zero-order chi connectivity index (χ0) is 15.5. The number of hydrogen-bond acceptors (Lipinski definition) is 6. The van der Waals surface area contributed by atoms with Crippen molar-refractivity contribution >= 4 is 23.3 Å². The minimum absolute atomic E-state index is 0.0872. The van der Waals surface area contributed by atoms with Crippen molar-refractivity contribution < 1.29 is 9.21 Å². The Hall–Kier alpha value is -2.35. The lowest BCUT2D eigenvalue weighted by molar-refractivity contribution is -0.118. The second-order valence-corrected chi connectivity index (χ2v) is 5.71. The highest BCUT2D eigenvalue weighted by molar-refractivity contribution is 7.99. The minimum Gasteiger partial charge on any atom is -0.467 e. The summed E-state index contributed by atoms with van der Waals surface area (Å²) >= 11 is 1.33. The van der Waals surface area contributed by atoms with Crippen molar-refractivity contribution in [2.75, 3.05) is 5.75 Å². The van der Waals surface area contributed by atoms with Gasteiger partial charge in [-0.2, -0.15) is 0 Å². The van der Waals surface area contributed by atoms with Crippen LogP contribution in [0.15, 0.2) is 34.0 Å². The van der Waals surface area contributed by atoms with E-state index in [4.69, 9.17) is 4.42 Å². The molecule has 0 spiro atoms. The Kier molecular flexibility index (Phi) is 4.10. The lowest BCUT2D eigenvalue weighted by atomic mass is 10.4. The van der Waals surface area contributed by atoms with Gasteiger partial charge in [0.05, 0.1) is 18.6 Å². The molecule has 0 saturated heterocycles. The smallest absolute Gasteiger partial charge is 0.230 e. The lowest BCUT2D eigenvalue weighted by Gasteiger charge is -2.04. The van der Waals surface area contributed by atoms with Crippen LogP contribution in [-0.2, 0) is 11.3 Å². The molecule has 7 nitrogen and oxygen atoms in total. The number of hydrogen-bond donors (Lipinski definition) is 1. The molecule has 8 heteroatoms. The summed E-state index contributed by atoms with van der Waals surface area (Å²) in [7, 11) is 0. The molecule has 22 heavy (non-hydrogen) atoms. The Morgan fingerprint density at radius 2 is 2.27 bits per heavy atom. The summed E-state index contributed by atoms with van der Waals surface area (Å²) in [6.45, 7) is 4.19. The average molecular weight is 317 g/mol. The van der Waals surface area contributed by atoms with Gasteiger partial charge >= 0.3 is 0 Å². The second kappa shape index (κ2) is 6.18. The molecule has 0 fully saturated rings. The number of furan rings is 1. The highest BCUT2D eigenvalue weighted by atomic mass is 32.2. The van der Waals surface area contributed by atoms with E-state index >= 15 is 0 Å². The van der Waals surface area contributed by atoms with Crippen LogP contribution in [0.4, 0.5) is 0 Å². The molecule has 114 valence electrons. The number of aromatic nitrogens is 4. The highest BCUT2D eigenvalue weighted by Crippen LogP contribution is 2.18. The monoisotopic (exact) mass is 317 g/mol. The van der Waals surface area contributed by atoms with Crippen LogP contribution in [0.3, 0.4) is 0 Å². The second-order valence-electron chi connectivity index (χ2n) is 4.77. The first kappa shape index (κ1) is 14.6. The molecular formula is C14H15N5O2S. The maximum absolute atomic E-state index is 11.9.